The minimum atomic E-state index is -0.0533. The molecule has 1 saturated carbocycles. The maximum Gasteiger partial charge on any atom is 0.160 e. The largest absolute Gasteiger partial charge is 0.352 e. The Hall–Kier alpha value is -0.420. The molecule has 0 aromatic heterocycles. The molecule has 4 heteroatoms. The summed E-state index contributed by atoms with van der Waals surface area (Å²) in [5.74, 6) is 2.44. The Morgan fingerprint density at radius 2 is 1.43 bits per heavy atom. The van der Waals surface area contributed by atoms with Gasteiger partial charge < -0.3 is 18.9 Å². The van der Waals surface area contributed by atoms with Gasteiger partial charge in [0, 0.05) is 17.8 Å². The summed E-state index contributed by atoms with van der Waals surface area (Å²) in [6.07, 6.45) is 16.8. The highest BCUT2D eigenvalue weighted by Gasteiger charge is 2.32. The molecule has 0 N–H and O–H groups in total. The smallest absolute Gasteiger partial charge is 0.160 e. The van der Waals surface area contributed by atoms with Crippen molar-refractivity contribution in [3.8, 4) is 0 Å². The quantitative estimate of drug-likeness (QED) is 0.470. The Kier molecular flexibility index (Phi) is 9.79. The zero-order valence-corrected chi connectivity index (χ0v) is 18.2. The van der Waals surface area contributed by atoms with Crippen LogP contribution in [0.3, 0.4) is 0 Å². The predicted molar refractivity (Wildman–Crippen MR) is 112 cm³/mol. The first-order valence-electron chi connectivity index (χ1n) is 11.9. The van der Waals surface area contributed by atoms with Gasteiger partial charge in [0.1, 0.15) is 0 Å². The third-order valence-corrected chi connectivity index (χ3v) is 6.63. The zero-order valence-electron chi connectivity index (χ0n) is 18.2. The Bertz CT molecular complexity index is 428. The van der Waals surface area contributed by atoms with Crippen LogP contribution in [0.4, 0.5) is 0 Å². The molecule has 0 amide bonds. The van der Waals surface area contributed by atoms with E-state index < -0.39 is 0 Å². The van der Waals surface area contributed by atoms with Crippen LogP contribution in [0.5, 0.6) is 0 Å². The lowest BCUT2D eigenvalue weighted by Crippen LogP contribution is -2.39. The summed E-state index contributed by atoms with van der Waals surface area (Å²) in [6, 6.07) is 0. The highest BCUT2D eigenvalue weighted by molar-refractivity contribution is 4.89. The first kappa shape index (κ1) is 22.3. The lowest BCUT2D eigenvalue weighted by atomic mass is 9.79. The summed E-state index contributed by atoms with van der Waals surface area (Å²) in [5.41, 5.74) is 0. The Balaban J connectivity index is 1.26. The van der Waals surface area contributed by atoms with Crippen molar-refractivity contribution < 1.29 is 18.9 Å². The molecule has 28 heavy (non-hydrogen) atoms. The Morgan fingerprint density at radius 1 is 0.714 bits per heavy atom. The minimum Gasteiger partial charge on any atom is -0.352 e. The molecule has 0 aromatic rings. The summed E-state index contributed by atoms with van der Waals surface area (Å²) in [6.45, 7) is 7.72. The van der Waals surface area contributed by atoms with Gasteiger partial charge >= 0.3 is 0 Å². The molecule has 0 aromatic carbocycles. The first-order valence-corrected chi connectivity index (χ1v) is 11.9. The third-order valence-electron chi connectivity index (χ3n) is 6.63. The molecule has 0 spiro atoms. The second-order valence-electron chi connectivity index (χ2n) is 9.12. The van der Waals surface area contributed by atoms with Crippen molar-refractivity contribution in [2.75, 3.05) is 26.4 Å². The maximum atomic E-state index is 6.12. The van der Waals surface area contributed by atoms with E-state index in [9.17, 15) is 0 Å². The van der Waals surface area contributed by atoms with Gasteiger partial charge in [0.05, 0.1) is 26.4 Å². The molecule has 3 aliphatic rings. The predicted octanol–water partition coefficient (Wildman–Crippen LogP) is 5.71. The van der Waals surface area contributed by atoms with Gasteiger partial charge in [0.25, 0.3) is 0 Å². The molecule has 0 unspecified atom stereocenters. The Labute approximate surface area is 172 Å². The summed E-state index contributed by atoms with van der Waals surface area (Å²) in [5, 5.41) is 0. The molecule has 2 heterocycles. The van der Waals surface area contributed by atoms with Gasteiger partial charge in [-0.05, 0) is 50.9 Å². The fourth-order valence-electron chi connectivity index (χ4n) is 4.82. The molecule has 3 rings (SSSR count). The van der Waals surface area contributed by atoms with Gasteiger partial charge in [0.2, 0.25) is 0 Å². The van der Waals surface area contributed by atoms with E-state index >= 15 is 0 Å². The van der Waals surface area contributed by atoms with E-state index in [4.69, 9.17) is 18.9 Å². The van der Waals surface area contributed by atoms with Gasteiger partial charge in [0.15, 0.2) is 12.6 Å². The summed E-state index contributed by atoms with van der Waals surface area (Å²) >= 11 is 0. The number of rotatable bonds is 9. The van der Waals surface area contributed by atoms with Gasteiger partial charge in [-0.1, -0.05) is 45.3 Å². The van der Waals surface area contributed by atoms with Crippen LogP contribution in [0.2, 0.25) is 0 Å². The number of ether oxygens (including phenoxy) is 4. The number of hydrogen-bond donors (Lipinski definition) is 0. The van der Waals surface area contributed by atoms with E-state index in [1.54, 1.807) is 0 Å². The molecule has 162 valence electrons. The zero-order chi connectivity index (χ0) is 19.6. The number of allylic oxidation sites excluding steroid dienone is 1. The van der Waals surface area contributed by atoms with E-state index in [1.807, 2.05) is 0 Å². The van der Waals surface area contributed by atoms with Crippen molar-refractivity contribution in [3.05, 3.63) is 12.2 Å². The van der Waals surface area contributed by atoms with Crippen LogP contribution in [-0.4, -0.2) is 39.0 Å². The van der Waals surface area contributed by atoms with Gasteiger partial charge in [-0.2, -0.15) is 0 Å². The van der Waals surface area contributed by atoms with Crippen molar-refractivity contribution >= 4 is 0 Å². The summed E-state index contributed by atoms with van der Waals surface area (Å²) in [4.78, 5) is 0. The molecule has 0 radical (unpaired) electrons. The fraction of sp³-hybridized carbons (Fsp3) is 0.917. The van der Waals surface area contributed by atoms with E-state index in [0.29, 0.717) is 17.8 Å². The van der Waals surface area contributed by atoms with Crippen molar-refractivity contribution in [2.24, 2.45) is 23.7 Å². The molecule has 4 nitrogen and oxygen atoms in total. The average Bonchev–Trinajstić information content (AvgIpc) is 2.75. The van der Waals surface area contributed by atoms with Crippen LogP contribution in [0.1, 0.15) is 78.1 Å². The molecule has 0 atom stereocenters. The van der Waals surface area contributed by atoms with Gasteiger partial charge in [-0.25, -0.2) is 0 Å². The van der Waals surface area contributed by atoms with E-state index in [2.05, 4.69) is 26.0 Å². The number of hydrogen-bond acceptors (Lipinski definition) is 4. The maximum absolute atomic E-state index is 6.12. The van der Waals surface area contributed by atoms with E-state index in [1.165, 1.54) is 44.9 Å². The van der Waals surface area contributed by atoms with Crippen LogP contribution >= 0.6 is 0 Å². The van der Waals surface area contributed by atoms with Crippen molar-refractivity contribution in [1.82, 2.24) is 0 Å². The standard InChI is InChI=1S/C24H42O4/c1-3-5-6-8-20-15-25-23(26-16-20)14-11-21-17-27-24(28-18-21)22-12-9-19(7-4-2)10-13-22/h6,8,19-24H,3-5,7,9-18H2,1-2H3/b8-6+/t19-,20-,21?,22-,23-,24?. The second kappa shape index (κ2) is 12.3. The molecular formula is C24H42O4. The van der Waals surface area contributed by atoms with Crippen LogP contribution in [0, 0.1) is 23.7 Å². The van der Waals surface area contributed by atoms with Crippen LogP contribution in [-0.2, 0) is 18.9 Å². The van der Waals surface area contributed by atoms with Crippen molar-refractivity contribution in [2.45, 2.75) is 90.6 Å². The minimum absolute atomic E-state index is 0.0386. The lowest BCUT2D eigenvalue weighted by Gasteiger charge is -2.38. The Morgan fingerprint density at radius 3 is 2.07 bits per heavy atom. The summed E-state index contributed by atoms with van der Waals surface area (Å²) in [7, 11) is 0. The first-order chi connectivity index (χ1) is 13.8. The van der Waals surface area contributed by atoms with Gasteiger partial charge in [-0.15, -0.1) is 0 Å². The average molecular weight is 395 g/mol. The normalized spacial score (nSPS) is 37.4. The van der Waals surface area contributed by atoms with Crippen LogP contribution in [0.25, 0.3) is 0 Å². The molecule has 0 bridgehead atoms. The molecule has 2 aliphatic heterocycles. The molecule has 2 saturated heterocycles. The highest BCUT2D eigenvalue weighted by Crippen LogP contribution is 2.36. The molecular weight excluding hydrogens is 352 g/mol. The summed E-state index contributed by atoms with van der Waals surface area (Å²) < 4.78 is 24.1. The van der Waals surface area contributed by atoms with Gasteiger partial charge in [-0.3, -0.25) is 0 Å². The van der Waals surface area contributed by atoms with Crippen LogP contribution < -0.4 is 0 Å². The lowest BCUT2D eigenvalue weighted by molar-refractivity contribution is -0.235. The topological polar surface area (TPSA) is 36.9 Å². The SMILES string of the molecule is CCC/C=C/[C@H]1CO[C@H](CCC2COC([C@H]3CC[C@H](CCC)CC3)OC2)OC1. The third kappa shape index (κ3) is 7.12. The van der Waals surface area contributed by atoms with Crippen molar-refractivity contribution in [1.29, 1.82) is 0 Å². The van der Waals surface area contributed by atoms with Crippen molar-refractivity contribution in [3.63, 3.8) is 0 Å². The van der Waals surface area contributed by atoms with Crippen LogP contribution in [0.15, 0.2) is 12.2 Å². The second-order valence-corrected chi connectivity index (χ2v) is 9.12. The van der Waals surface area contributed by atoms with E-state index in [0.717, 1.165) is 51.6 Å². The number of unbranched alkanes of at least 4 members (excludes halogenated alkanes) is 1. The monoisotopic (exact) mass is 394 g/mol. The molecule has 3 fully saturated rings. The fourth-order valence-corrected chi connectivity index (χ4v) is 4.82. The molecule has 1 aliphatic carbocycles. The van der Waals surface area contributed by atoms with E-state index in [-0.39, 0.29) is 12.6 Å². The highest BCUT2D eigenvalue weighted by atomic mass is 16.7.